The molecule has 1 N–H and O–H groups in total. The Balaban J connectivity index is 2.13. The van der Waals surface area contributed by atoms with Gasteiger partial charge in [-0.2, -0.15) is 0 Å². The molecule has 1 heterocycles. The summed E-state index contributed by atoms with van der Waals surface area (Å²) in [5.74, 6) is 1.69. The van der Waals surface area contributed by atoms with Gasteiger partial charge < -0.3 is 10.2 Å². The smallest absolute Gasteiger partial charge is 0.150 e. The summed E-state index contributed by atoms with van der Waals surface area (Å²) in [4.78, 5) is 11.1. The molecule has 0 unspecified atom stereocenters. The van der Waals surface area contributed by atoms with Crippen molar-refractivity contribution in [3.05, 3.63) is 47.4 Å². The van der Waals surface area contributed by atoms with Gasteiger partial charge >= 0.3 is 0 Å². The lowest BCUT2D eigenvalue weighted by molar-refractivity contribution is 0.829. The van der Waals surface area contributed by atoms with E-state index in [0.29, 0.717) is 6.54 Å². The van der Waals surface area contributed by atoms with Gasteiger partial charge in [0.25, 0.3) is 0 Å². The number of rotatable bonds is 5. The van der Waals surface area contributed by atoms with Crippen LogP contribution in [0.15, 0.2) is 30.3 Å². The normalized spacial score (nSPS) is 10.4. The molecule has 0 saturated carbocycles. The topological polar surface area (TPSA) is 41.1 Å². The van der Waals surface area contributed by atoms with Crippen molar-refractivity contribution in [2.45, 2.75) is 26.8 Å². The minimum atomic E-state index is 0.696. The molecule has 2 aromatic rings. The molecule has 1 aromatic carbocycles. The second-order valence-corrected chi connectivity index (χ2v) is 4.94. The highest BCUT2D eigenvalue weighted by molar-refractivity contribution is 5.47. The lowest BCUT2D eigenvalue weighted by atomic mass is 10.1. The molecule has 0 saturated heterocycles. The maximum absolute atomic E-state index is 4.49. The van der Waals surface area contributed by atoms with E-state index in [9.17, 15) is 0 Å². The average Bonchev–Trinajstić information content (AvgIpc) is 2.46. The maximum Gasteiger partial charge on any atom is 0.150 e. The van der Waals surface area contributed by atoms with Crippen LogP contribution in [-0.2, 0) is 13.0 Å². The molecule has 0 aliphatic rings. The van der Waals surface area contributed by atoms with Crippen LogP contribution in [0.2, 0.25) is 0 Å². The van der Waals surface area contributed by atoms with Gasteiger partial charge in [-0.3, -0.25) is 0 Å². The molecule has 0 aliphatic heterocycles. The first-order chi connectivity index (χ1) is 9.62. The molecule has 0 aliphatic carbocycles. The zero-order valence-corrected chi connectivity index (χ0v) is 12.6. The van der Waals surface area contributed by atoms with E-state index in [1.807, 2.05) is 20.0 Å². The Kier molecular flexibility index (Phi) is 4.56. The highest BCUT2D eigenvalue weighted by atomic mass is 15.1. The molecule has 0 radical (unpaired) electrons. The van der Waals surface area contributed by atoms with Crippen molar-refractivity contribution in [2.24, 2.45) is 0 Å². The van der Waals surface area contributed by atoms with Crippen LogP contribution in [0.1, 0.15) is 24.0 Å². The van der Waals surface area contributed by atoms with Gasteiger partial charge in [-0.1, -0.05) is 19.1 Å². The van der Waals surface area contributed by atoms with E-state index in [0.717, 1.165) is 23.8 Å². The molecule has 1 aromatic heterocycles. The van der Waals surface area contributed by atoms with Crippen molar-refractivity contribution in [3.8, 4) is 0 Å². The van der Waals surface area contributed by atoms with Crippen LogP contribution >= 0.6 is 0 Å². The number of hydrogen-bond donors (Lipinski definition) is 1. The summed E-state index contributed by atoms with van der Waals surface area (Å²) in [6.07, 6.45) is 1.07. The fourth-order valence-electron chi connectivity index (χ4n) is 2.12. The van der Waals surface area contributed by atoms with Gasteiger partial charge in [0.15, 0.2) is 0 Å². The summed E-state index contributed by atoms with van der Waals surface area (Å²) in [6.45, 7) is 4.85. The summed E-state index contributed by atoms with van der Waals surface area (Å²) in [5, 5.41) is 3.07. The number of benzene rings is 1. The fourth-order valence-corrected chi connectivity index (χ4v) is 2.12. The first-order valence-electron chi connectivity index (χ1n) is 6.94. The van der Waals surface area contributed by atoms with Gasteiger partial charge in [-0.15, -0.1) is 0 Å². The third kappa shape index (κ3) is 3.47. The van der Waals surface area contributed by atoms with Crippen LogP contribution < -0.4 is 10.2 Å². The Morgan fingerprint density at radius 1 is 1.15 bits per heavy atom. The molecular formula is C16H22N4. The zero-order chi connectivity index (χ0) is 14.5. The van der Waals surface area contributed by atoms with Crippen LogP contribution in [0, 0.1) is 6.92 Å². The van der Waals surface area contributed by atoms with E-state index >= 15 is 0 Å². The Morgan fingerprint density at radius 3 is 2.45 bits per heavy atom. The van der Waals surface area contributed by atoms with E-state index in [1.54, 1.807) is 0 Å². The minimum Gasteiger partial charge on any atom is -0.373 e. The van der Waals surface area contributed by atoms with Gasteiger partial charge in [-0.05, 0) is 31.0 Å². The predicted molar refractivity (Wildman–Crippen MR) is 84.2 cm³/mol. The van der Waals surface area contributed by atoms with Crippen molar-refractivity contribution in [1.82, 2.24) is 9.97 Å². The summed E-state index contributed by atoms with van der Waals surface area (Å²) < 4.78 is 0. The molecule has 0 spiro atoms. The summed E-state index contributed by atoms with van der Waals surface area (Å²) in [7, 11) is 3.93. The average molecular weight is 270 g/mol. The Labute approximate surface area is 120 Å². The lowest BCUT2D eigenvalue weighted by Gasteiger charge is -2.19. The third-order valence-electron chi connectivity index (χ3n) is 3.32. The highest BCUT2D eigenvalue weighted by Gasteiger charge is 2.06. The van der Waals surface area contributed by atoms with Crippen LogP contribution in [0.3, 0.4) is 0 Å². The monoisotopic (exact) mass is 270 g/mol. The SMILES string of the molecule is CCc1ccc(N(C)Cc2nc(C)cc(NC)n2)cc1. The molecule has 0 fully saturated rings. The number of aromatic nitrogens is 2. The number of hydrogen-bond acceptors (Lipinski definition) is 4. The molecule has 4 heteroatoms. The van der Waals surface area contributed by atoms with Crippen molar-refractivity contribution in [1.29, 1.82) is 0 Å². The van der Waals surface area contributed by atoms with Gasteiger partial charge in [0.1, 0.15) is 11.6 Å². The number of aryl methyl sites for hydroxylation is 2. The van der Waals surface area contributed by atoms with E-state index < -0.39 is 0 Å². The zero-order valence-electron chi connectivity index (χ0n) is 12.6. The van der Waals surface area contributed by atoms with E-state index in [2.05, 4.69) is 58.4 Å². The molecule has 20 heavy (non-hydrogen) atoms. The van der Waals surface area contributed by atoms with Crippen molar-refractivity contribution >= 4 is 11.5 Å². The standard InChI is InChI=1S/C16H22N4/c1-5-13-6-8-14(9-7-13)20(4)11-16-18-12(2)10-15(17-3)19-16/h6-10H,5,11H2,1-4H3,(H,17,18,19). The van der Waals surface area contributed by atoms with Crippen molar-refractivity contribution in [3.63, 3.8) is 0 Å². The quantitative estimate of drug-likeness (QED) is 0.906. The molecule has 0 bridgehead atoms. The van der Waals surface area contributed by atoms with Gasteiger partial charge in [0, 0.05) is 31.5 Å². The number of nitrogens with zero attached hydrogens (tertiary/aromatic N) is 3. The lowest BCUT2D eigenvalue weighted by Crippen LogP contribution is -2.19. The van der Waals surface area contributed by atoms with Gasteiger partial charge in [0.2, 0.25) is 0 Å². The van der Waals surface area contributed by atoms with Crippen LogP contribution in [-0.4, -0.2) is 24.1 Å². The molecule has 0 amide bonds. The van der Waals surface area contributed by atoms with Crippen molar-refractivity contribution < 1.29 is 0 Å². The van der Waals surface area contributed by atoms with E-state index in [1.165, 1.54) is 11.3 Å². The Morgan fingerprint density at radius 2 is 1.85 bits per heavy atom. The summed E-state index contributed by atoms with van der Waals surface area (Å²) in [5.41, 5.74) is 3.51. The van der Waals surface area contributed by atoms with E-state index in [4.69, 9.17) is 0 Å². The van der Waals surface area contributed by atoms with E-state index in [-0.39, 0.29) is 0 Å². The Bertz CT molecular complexity index is 563. The largest absolute Gasteiger partial charge is 0.373 e. The highest BCUT2D eigenvalue weighted by Crippen LogP contribution is 2.16. The second-order valence-electron chi connectivity index (χ2n) is 4.94. The first kappa shape index (κ1) is 14.3. The Hall–Kier alpha value is -2.10. The number of nitrogens with one attached hydrogen (secondary N) is 1. The van der Waals surface area contributed by atoms with Crippen LogP contribution in [0.25, 0.3) is 0 Å². The fraction of sp³-hybridized carbons (Fsp3) is 0.375. The molecule has 2 rings (SSSR count). The van der Waals surface area contributed by atoms with Crippen LogP contribution in [0.4, 0.5) is 11.5 Å². The third-order valence-corrected chi connectivity index (χ3v) is 3.32. The molecular weight excluding hydrogens is 248 g/mol. The number of anilines is 2. The van der Waals surface area contributed by atoms with Gasteiger partial charge in [-0.25, -0.2) is 9.97 Å². The van der Waals surface area contributed by atoms with Crippen molar-refractivity contribution in [2.75, 3.05) is 24.3 Å². The minimum absolute atomic E-state index is 0.696. The summed E-state index contributed by atoms with van der Waals surface area (Å²) >= 11 is 0. The molecule has 0 atom stereocenters. The van der Waals surface area contributed by atoms with Crippen LogP contribution in [0.5, 0.6) is 0 Å². The van der Waals surface area contributed by atoms with Gasteiger partial charge in [0.05, 0.1) is 6.54 Å². The first-order valence-corrected chi connectivity index (χ1v) is 6.94. The maximum atomic E-state index is 4.49. The molecule has 106 valence electrons. The molecule has 4 nitrogen and oxygen atoms in total. The second kappa shape index (κ2) is 6.37. The predicted octanol–water partition coefficient (Wildman–Crippen LogP) is 3.03. The summed E-state index contributed by atoms with van der Waals surface area (Å²) in [6, 6.07) is 10.6.